The zero-order chi connectivity index (χ0) is 17.1. The molecule has 0 aromatic rings. The average Bonchev–Trinajstić information content (AvgIpc) is 2.49. The van der Waals surface area contributed by atoms with Crippen LogP contribution in [-0.2, 0) is 9.84 Å². The van der Waals surface area contributed by atoms with E-state index >= 15 is 0 Å². The molecule has 0 aromatic heterocycles. The van der Waals surface area contributed by atoms with E-state index in [1.807, 2.05) is 0 Å². The van der Waals surface area contributed by atoms with E-state index in [1.54, 1.807) is 0 Å². The second kappa shape index (κ2) is 13.2. The van der Waals surface area contributed by atoms with Gasteiger partial charge in [0.1, 0.15) is 0 Å². The van der Waals surface area contributed by atoms with E-state index in [9.17, 15) is 8.42 Å². The first-order valence-electron chi connectivity index (χ1n) is 8.94. The second-order valence-corrected chi connectivity index (χ2v) is 8.60. The normalized spacial score (nSPS) is 19.4. The zero-order valence-corrected chi connectivity index (χ0v) is 18.5. The van der Waals surface area contributed by atoms with E-state index in [2.05, 4.69) is 41.3 Å². The van der Waals surface area contributed by atoms with Crippen LogP contribution in [0.25, 0.3) is 0 Å². The van der Waals surface area contributed by atoms with Gasteiger partial charge in [-0.05, 0) is 20.3 Å². The van der Waals surface area contributed by atoms with Crippen molar-refractivity contribution in [1.82, 2.24) is 15.5 Å². The summed E-state index contributed by atoms with van der Waals surface area (Å²) in [6.07, 6.45) is 4.92. The number of halogens is 1. The first kappa shape index (κ1) is 23.9. The summed E-state index contributed by atoms with van der Waals surface area (Å²) in [7, 11) is -2.79. The lowest BCUT2D eigenvalue weighted by atomic mass is 10.1. The molecule has 1 aliphatic rings. The van der Waals surface area contributed by atoms with Crippen molar-refractivity contribution in [3.05, 3.63) is 0 Å². The summed E-state index contributed by atoms with van der Waals surface area (Å²) >= 11 is 0. The number of nitrogens with zero attached hydrogens (tertiary/aromatic N) is 2. The molecule has 0 radical (unpaired) electrons. The number of aliphatic imine (C=N–C) groups is 1. The molecule has 1 atom stereocenters. The van der Waals surface area contributed by atoms with Crippen LogP contribution in [-0.4, -0.2) is 69.5 Å². The molecule has 0 saturated carbocycles. The lowest BCUT2D eigenvalue weighted by Crippen LogP contribution is -2.44. The van der Waals surface area contributed by atoms with Crippen LogP contribution in [0.5, 0.6) is 0 Å². The third-order valence-electron chi connectivity index (χ3n) is 4.09. The van der Waals surface area contributed by atoms with Gasteiger partial charge in [0, 0.05) is 32.2 Å². The van der Waals surface area contributed by atoms with Crippen molar-refractivity contribution in [2.45, 2.75) is 52.5 Å². The van der Waals surface area contributed by atoms with Crippen molar-refractivity contribution in [1.29, 1.82) is 0 Å². The molecule has 0 aliphatic carbocycles. The Labute approximate surface area is 165 Å². The summed E-state index contributed by atoms with van der Waals surface area (Å²) in [5.41, 5.74) is 0. The molecular formula is C16H35IN4O2S. The smallest absolute Gasteiger partial charge is 0.191 e. The standard InChI is InChI=1S/C16H34N4O2S.HI/c1-4-6-7-8-15(3)19-16(17-5-2)18-9-10-20-11-13-23(21,22)14-12-20;/h15H,4-14H2,1-3H3,(H2,17,18,19);1H. The SMILES string of the molecule is CCCCCC(C)NC(=NCCN1CCS(=O)(=O)CC1)NCC.I. The highest BCUT2D eigenvalue weighted by Crippen LogP contribution is 2.04. The van der Waals surface area contributed by atoms with Gasteiger partial charge in [-0.2, -0.15) is 0 Å². The Morgan fingerprint density at radius 1 is 1.21 bits per heavy atom. The zero-order valence-electron chi connectivity index (χ0n) is 15.4. The minimum Gasteiger partial charge on any atom is -0.357 e. The van der Waals surface area contributed by atoms with Crippen molar-refractivity contribution in [3.8, 4) is 0 Å². The number of hydrogen-bond donors (Lipinski definition) is 2. The summed E-state index contributed by atoms with van der Waals surface area (Å²) < 4.78 is 22.8. The van der Waals surface area contributed by atoms with Crippen molar-refractivity contribution in [3.63, 3.8) is 0 Å². The predicted molar refractivity (Wildman–Crippen MR) is 113 cm³/mol. The van der Waals surface area contributed by atoms with E-state index in [0.717, 1.165) is 25.5 Å². The number of unbranched alkanes of at least 4 members (excludes halogenated alkanes) is 2. The van der Waals surface area contributed by atoms with Crippen molar-refractivity contribution >= 4 is 39.8 Å². The molecule has 6 nitrogen and oxygen atoms in total. The lowest BCUT2D eigenvalue weighted by Gasteiger charge is -2.26. The van der Waals surface area contributed by atoms with E-state index < -0.39 is 9.84 Å². The summed E-state index contributed by atoms with van der Waals surface area (Å²) in [6, 6.07) is 0.416. The Balaban J connectivity index is 0.00000529. The molecule has 0 aromatic carbocycles. The molecule has 2 N–H and O–H groups in total. The maximum atomic E-state index is 11.4. The van der Waals surface area contributed by atoms with Gasteiger partial charge in [-0.25, -0.2) is 8.42 Å². The number of guanidine groups is 1. The molecule has 1 heterocycles. The van der Waals surface area contributed by atoms with Gasteiger partial charge < -0.3 is 10.6 Å². The van der Waals surface area contributed by atoms with E-state index in [0.29, 0.717) is 25.7 Å². The molecule has 0 spiro atoms. The summed E-state index contributed by atoms with van der Waals surface area (Å²) in [4.78, 5) is 6.79. The second-order valence-electron chi connectivity index (χ2n) is 6.30. The largest absolute Gasteiger partial charge is 0.357 e. The van der Waals surface area contributed by atoms with Crippen molar-refractivity contribution < 1.29 is 8.42 Å². The van der Waals surface area contributed by atoms with Crippen LogP contribution in [0.15, 0.2) is 4.99 Å². The van der Waals surface area contributed by atoms with Crippen LogP contribution in [0.3, 0.4) is 0 Å². The third-order valence-corrected chi connectivity index (χ3v) is 5.70. The molecule has 1 rings (SSSR count). The Kier molecular flexibility index (Phi) is 13.1. The average molecular weight is 474 g/mol. The van der Waals surface area contributed by atoms with Crippen molar-refractivity contribution in [2.75, 3.05) is 44.2 Å². The number of sulfone groups is 1. The first-order chi connectivity index (χ1) is 11.0. The number of rotatable bonds is 9. The fourth-order valence-corrected chi connectivity index (χ4v) is 3.88. The van der Waals surface area contributed by atoms with Gasteiger partial charge in [0.25, 0.3) is 0 Å². The van der Waals surface area contributed by atoms with Gasteiger partial charge >= 0.3 is 0 Å². The summed E-state index contributed by atoms with van der Waals surface area (Å²) in [5.74, 6) is 1.42. The molecule has 144 valence electrons. The third kappa shape index (κ3) is 10.7. The quantitative estimate of drug-likeness (QED) is 0.231. The molecule has 24 heavy (non-hydrogen) atoms. The molecule has 1 aliphatic heterocycles. The van der Waals surface area contributed by atoms with Crippen LogP contribution in [0.1, 0.15) is 46.5 Å². The molecule has 1 unspecified atom stereocenters. The van der Waals surface area contributed by atoms with Gasteiger partial charge in [0.2, 0.25) is 0 Å². The Morgan fingerprint density at radius 3 is 2.46 bits per heavy atom. The Morgan fingerprint density at radius 2 is 1.88 bits per heavy atom. The molecule has 1 saturated heterocycles. The molecule has 1 fully saturated rings. The Bertz CT molecular complexity index is 443. The maximum Gasteiger partial charge on any atom is 0.191 e. The van der Waals surface area contributed by atoms with E-state index in [-0.39, 0.29) is 35.5 Å². The highest BCUT2D eigenvalue weighted by Gasteiger charge is 2.20. The van der Waals surface area contributed by atoms with Crippen LogP contribution in [0.2, 0.25) is 0 Å². The van der Waals surface area contributed by atoms with Crippen LogP contribution in [0, 0.1) is 0 Å². The number of nitrogens with one attached hydrogen (secondary N) is 2. The molecular weight excluding hydrogens is 439 g/mol. The van der Waals surface area contributed by atoms with Crippen molar-refractivity contribution in [2.24, 2.45) is 4.99 Å². The summed E-state index contributed by atoms with van der Waals surface area (Å²) in [6.45, 7) is 10.1. The molecule has 0 bridgehead atoms. The Hall–Kier alpha value is -0.0900. The maximum absolute atomic E-state index is 11.4. The van der Waals surface area contributed by atoms with Gasteiger partial charge in [0.15, 0.2) is 15.8 Å². The van der Waals surface area contributed by atoms with Gasteiger partial charge in [0.05, 0.1) is 18.1 Å². The van der Waals surface area contributed by atoms with E-state index in [1.165, 1.54) is 19.3 Å². The van der Waals surface area contributed by atoms with E-state index in [4.69, 9.17) is 0 Å². The molecule has 8 heteroatoms. The van der Waals surface area contributed by atoms with Gasteiger partial charge in [-0.15, -0.1) is 24.0 Å². The topological polar surface area (TPSA) is 73.8 Å². The minimum atomic E-state index is -2.79. The van der Waals surface area contributed by atoms with Crippen LogP contribution in [0.4, 0.5) is 0 Å². The van der Waals surface area contributed by atoms with Gasteiger partial charge in [-0.3, -0.25) is 9.89 Å². The highest BCUT2D eigenvalue weighted by molar-refractivity contribution is 14.0. The van der Waals surface area contributed by atoms with Crippen LogP contribution >= 0.6 is 24.0 Å². The first-order valence-corrected chi connectivity index (χ1v) is 10.8. The summed E-state index contributed by atoms with van der Waals surface area (Å²) in [5, 5.41) is 6.73. The minimum absolute atomic E-state index is 0. The molecule has 0 amide bonds. The van der Waals surface area contributed by atoms with Crippen LogP contribution < -0.4 is 10.6 Å². The monoisotopic (exact) mass is 474 g/mol. The number of hydrogen-bond acceptors (Lipinski definition) is 4. The fourth-order valence-electron chi connectivity index (χ4n) is 2.60. The fraction of sp³-hybridized carbons (Fsp3) is 0.938. The van der Waals surface area contributed by atoms with Gasteiger partial charge in [-0.1, -0.05) is 26.2 Å². The lowest BCUT2D eigenvalue weighted by molar-refractivity contribution is 0.304. The highest BCUT2D eigenvalue weighted by atomic mass is 127. The predicted octanol–water partition coefficient (Wildman–Crippen LogP) is 1.86.